The summed E-state index contributed by atoms with van der Waals surface area (Å²) in [7, 11) is 1.69. The Morgan fingerprint density at radius 1 is 1.13 bits per heavy atom. The second-order valence-electron chi connectivity index (χ2n) is 7.78. The molecule has 1 heterocycles. The number of ether oxygens (including phenoxy) is 1. The quantitative estimate of drug-likeness (QED) is 0.389. The minimum atomic E-state index is 0.121. The molecule has 0 radical (unpaired) electrons. The Balaban J connectivity index is 0.000000316. The highest BCUT2D eigenvalue weighted by atomic mass is 32.1. The predicted molar refractivity (Wildman–Crippen MR) is 129 cm³/mol. The molecule has 0 bridgehead atoms. The molecule has 3 rings (SSSR count). The summed E-state index contributed by atoms with van der Waals surface area (Å²) in [5.74, 6) is 2.51. The summed E-state index contributed by atoms with van der Waals surface area (Å²) in [6, 6.07) is 17.3. The summed E-state index contributed by atoms with van der Waals surface area (Å²) >= 11 is 1.50. The monoisotopic (exact) mass is 439 g/mol. The van der Waals surface area contributed by atoms with Crippen molar-refractivity contribution in [3.63, 3.8) is 0 Å². The highest BCUT2D eigenvalue weighted by Gasteiger charge is 2.13. The van der Waals surface area contributed by atoms with Gasteiger partial charge in [0, 0.05) is 36.6 Å². The fourth-order valence-corrected chi connectivity index (χ4v) is 3.78. The van der Waals surface area contributed by atoms with Crippen LogP contribution >= 0.6 is 11.5 Å². The number of aromatic nitrogens is 2. The van der Waals surface area contributed by atoms with Crippen LogP contribution in [-0.4, -0.2) is 35.3 Å². The van der Waals surface area contributed by atoms with E-state index in [1.165, 1.54) is 17.1 Å². The van der Waals surface area contributed by atoms with Crippen molar-refractivity contribution in [3.8, 4) is 5.75 Å². The lowest BCUT2D eigenvalue weighted by Gasteiger charge is -2.22. The lowest BCUT2D eigenvalue weighted by Crippen LogP contribution is -2.28. The summed E-state index contributed by atoms with van der Waals surface area (Å²) in [6.45, 7) is 10.3. The molecule has 5 nitrogen and oxygen atoms in total. The third kappa shape index (κ3) is 8.50. The molecule has 0 amide bonds. The van der Waals surface area contributed by atoms with Crippen molar-refractivity contribution in [3.05, 3.63) is 71.5 Å². The Hall–Kier alpha value is -2.73. The summed E-state index contributed by atoms with van der Waals surface area (Å²) in [5, 5.41) is 1.04. The molecule has 0 aliphatic rings. The molecule has 0 aliphatic carbocycles. The first kappa shape index (κ1) is 24.5. The molecule has 6 heteroatoms. The second-order valence-corrected chi connectivity index (χ2v) is 8.51. The van der Waals surface area contributed by atoms with Gasteiger partial charge in [-0.05, 0) is 37.0 Å². The number of benzene rings is 2. The van der Waals surface area contributed by atoms with Gasteiger partial charge >= 0.3 is 0 Å². The van der Waals surface area contributed by atoms with Gasteiger partial charge in [0.05, 0.1) is 7.11 Å². The molecule has 2 aromatic carbocycles. The molecule has 0 saturated heterocycles. The maximum absolute atomic E-state index is 10.6. The number of methoxy groups -OCH3 is 1. The van der Waals surface area contributed by atoms with E-state index in [-0.39, 0.29) is 5.78 Å². The number of hydrogen-bond acceptors (Lipinski definition) is 6. The van der Waals surface area contributed by atoms with Crippen LogP contribution in [0.5, 0.6) is 5.75 Å². The van der Waals surface area contributed by atoms with Gasteiger partial charge in [-0.1, -0.05) is 63.2 Å². The van der Waals surface area contributed by atoms with Crippen LogP contribution in [0, 0.1) is 5.92 Å². The van der Waals surface area contributed by atoms with E-state index in [1.54, 1.807) is 14.0 Å². The first-order chi connectivity index (χ1) is 14.9. The number of carbonyl (C=O) groups is 1. The summed E-state index contributed by atoms with van der Waals surface area (Å²) < 4.78 is 9.79. The maximum Gasteiger partial charge on any atom is 0.205 e. The van der Waals surface area contributed by atoms with Gasteiger partial charge < -0.3 is 9.64 Å². The van der Waals surface area contributed by atoms with Gasteiger partial charge in [-0.15, -0.1) is 0 Å². The number of nitrogens with zero attached hydrogens (tertiary/aromatic N) is 3. The van der Waals surface area contributed by atoms with Gasteiger partial charge in [-0.25, -0.2) is 4.98 Å². The molecule has 1 aromatic heterocycles. The van der Waals surface area contributed by atoms with Gasteiger partial charge in [0.25, 0.3) is 0 Å². The highest BCUT2D eigenvalue weighted by Crippen LogP contribution is 2.21. The number of rotatable bonds is 9. The van der Waals surface area contributed by atoms with E-state index < -0.39 is 0 Å². The van der Waals surface area contributed by atoms with Crippen molar-refractivity contribution in [1.82, 2.24) is 9.36 Å². The molecular weight excluding hydrogens is 406 g/mol. The average Bonchev–Trinajstić information content (AvgIpc) is 3.23. The normalized spacial score (nSPS) is 10.4. The minimum Gasteiger partial charge on any atom is -0.497 e. The van der Waals surface area contributed by atoms with E-state index in [1.807, 2.05) is 48.5 Å². The van der Waals surface area contributed by atoms with Crippen LogP contribution in [0.2, 0.25) is 0 Å². The molecule has 31 heavy (non-hydrogen) atoms. The van der Waals surface area contributed by atoms with E-state index >= 15 is 0 Å². The van der Waals surface area contributed by atoms with E-state index in [2.05, 4.69) is 36.1 Å². The molecule has 0 spiro atoms. The minimum absolute atomic E-state index is 0.121. The van der Waals surface area contributed by atoms with E-state index in [9.17, 15) is 4.79 Å². The molecule has 0 fully saturated rings. The molecule has 3 aromatic rings. The fraction of sp³-hybridized carbons (Fsp3) is 0.400. The molecular formula is C25H33N3O2S. The van der Waals surface area contributed by atoms with Crippen LogP contribution < -0.4 is 9.64 Å². The Kier molecular flexibility index (Phi) is 10.2. The fourth-order valence-electron chi connectivity index (χ4n) is 3.06. The first-order valence-corrected chi connectivity index (χ1v) is 11.5. The molecule has 0 atom stereocenters. The van der Waals surface area contributed by atoms with Crippen molar-refractivity contribution in [1.29, 1.82) is 0 Å². The van der Waals surface area contributed by atoms with E-state index in [4.69, 9.17) is 9.72 Å². The molecule has 0 saturated carbocycles. The third-order valence-corrected chi connectivity index (χ3v) is 5.30. The highest BCUT2D eigenvalue weighted by molar-refractivity contribution is 7.09. The Bertz CT molecular complexity index is 925. The molecule has 0 N–H and O–H groups in total. The number of carbonyl (C=O) groups excluding carboxylic acids is 1. The van der Waals surface area contributed by atoms with Crippen molar-refractivity contribution in [2.24, 2.45) is 5.92 Å². The number of hydrogen-bond donors (Lipinski definition) is 0. The van der Waals surface area contributed by atoms with E-state index in [0.717, 1.165) is 48.2 Å². The van der Waals surface area contributed by atoms with Crippen LogP contribution in [0.1, 0.15) is 55.9 Å². The van der Waals surface area contributed by atoms with Crippen LogP contribution in [0.25, 0.3) is 0 Å². The van der Waals surface area contributed by atoms with Gasteiger partial charge in [-0.3, -0.25) is 4.79 Å². The van der Waals surface area contributed by atoms with Crippen LogP contribution in [0.4, 0.5) is 5.13 Å². The maximum atomic E-state index is 10.6. The summed E-state index contributed by atoms with van der Waals surface area (Å²) in [6.07, 6.45) is 1.87. The Labute approximate surface area is 190 Å². The first-order valence-electron chi connectivity index (χ1n) is 10.7. The zero-order chi connectivity index (χ0) is 22.6. The van der Waals surface area contributed by atoms with Crippen molar-refractivity contribution >= 4 is 22.4 Å². The van der Waals surface area contributed by atoms with Gasteiger partial charge in [-0.2, -0.15) is 4.37 Å². The largest absolute Gasteiger partial charge is 0.497 e. The summed E-state index contributed by atoms with van der Waals surface area (Å²) in [4.78, 5) is 17.7. The van der Waals surface area contributed by atoms with Crippen molar-refractivity contribution in [2.75, 3.05) is 25.1 Å². The van der Waals surface area contributed by atoms with Gasteiger partial charge in [0.2, 0.25) is 5.13 Å². The number of ketones is 1. The van der Waals surface area contributed by atoms with Crippen molar-refractivity contribution < 1.29 is 9.53 Å². The Morgan fingerprint density at radius 2 is 1.87 bits per heavy atom. The number of anilines is 1. The molecule has 0 unspecified atom stereocenters. The van der Waals surface area contributed by atoms with Gasteiger partial charge in [0.15, 0.2) is 5.78 Å². The third-order valence-electron chi connectivity index (χ3n) is 4.48. The zero-order valence-corrected chi connectivity index (χ0v) is 20.0. The standard InChI is InChI=1S/C17H25N3OS.C8H8O/c1-5-9-20(12-13(2)3)17-18-16(19-22-17)11-14-7-6-8-15(10-14)21-4;1-7(9)8-5-3-2-4-6-8/h6-8,10,13H,5,9,11-12H2,1-4H3;2-6H,1H3. The Morgan fingerprint density at radius 3 is 2.45 bits per heavy atom. The second kappa shape index (κ2) is 12.8. The predicted octanol–water partition coefficient (Wildman–Crippen LogP) is 5.90. The summed E-state index contributed by atoms with van der Waals surface area (Å²) in [5.41, 5.74) is 1.95. The lowest BCUT2D eigenvalue weighted by molar-refractivity contribution is 0.101. The zero-order valence-electron chi connectivity index (χ0n) is 19.2. The lowest BCUT2D eigenvalue weighted by atomic mass is 10.1. The van der Waals surface area contributed by atoms with E-state index in [0.29, 0.717) is 5.92 Å². The van der Waals surface area contributed by atoms with Gasteiger partial charge in [0.1, 0.15) is 11.6 Å². The smallest absolute Gasteiger partial charge is 0.205 e. The SMILES string of the molecule is CC(=O)c1ccccc1.CCCN(CC(C)C)c1nc(Cc2cccc(OC)c2)ns1. The topological polar surface area (TPSA) is 55.3 Å². The van der Waals surface area contributed by atoms with Crippen LogP contribution in [-0.2, 0) is 6.42 Å². The van der Waals surface area contributed by atoms with Crippen molar-refractivity contribution in [2.45, 2.75) is 40.5 Å². The average molecular weight is 440 g/mol. The molecule has 0 aliphatic heterocycles. The number of Topliss-reactive ketones (excluding diaryl/α,β-unsaturated/α-hetero) is 1. The van der Waals surface area contributed by atoms with Crippen LogP contribution in [0.15, 0.2) is 54.6 Å². The van der Waals surface area contributed by atoms with Crippen LogP contribution in [0.3, 0.4) is 0 Å². The molecule has 166 valence electrons.